The topological polar surface area (TPSA) is 34.2 Å². The summed E-state index contributed by atoms with van der Waals surface area (Å²) in [5.74, 6) is 0.944. The van der Waals surface area contributed by atoms with Crippen molar-refractivity contribution < 1.29 is 14.2 Å². The number of anilines is 1. The van der Waals surface area contributed by atoms with Crippen LogP contribution in [0.15, 0.2) is 54.6 Å². The number of rotatable bonds is 5. The van der Waals surface area contributed by atoms with Crippen molar-refractivity contribution in [3.8, 4) is 5.75 Å². The van der Waals surface area contributed by atoms with E-state index < -0.39 is 0 Å². The second-order valence-electron chi connectivity index (χ2n) is 7.07. The maximum Gasteiger partial charge on any atom is 0.142 e. The van der Waals surface area contributed by atoms with Gasteiger partial charge in [-0.15, -0.1) is 0 Å². The highest BCUT2D eigenvalue weighted by atomic mass is 16.6. The standard InChI is InChI=1S/C22H28N2O3/c1-25-20-10-6-5-9-19(20)24-13-11-23(12-14-24)17-21-22(27-16-15-26-21)18-7-3-2-4-8-18/h2-10,21-22H,11-17H2,1H3/t21-,22+/m1/s1. The zero-order valence-electron chi connectivity index (χ0n) is 15.9. The normalized spacial score (nSPS) is 24.0. The van der Waals surface area contributed by atoms with Gasteiger partial charge >= 0.3 is 0 Å². The molecule has 0 amide bonds. The van der Waals surface area contributed by atoms with Gasteiger partial charge in [0.25, 0.3) is 0 Å². The van der Waals surface area contributed by atoms with E-state index in [1.165, 1.54) is 11.3 Å². The van der Waals surface area contributed by atoms with Crippen LogP contribution >= 0.6 is 0 Å². The van der Waals surface area contributed by atoms with Gasteiger partial charge in [-0.05, 0) is 17.7 Å². The number of methoxy groups -OCH3 is 1. The molecular formula is C22H28N2O3. The number of piperazine rings is 1. The van der Waals surface area contributed by atoms with E-state index in [1.54, 1.807) is 7.11 Å². The molecule has 2 aromatic carbocycles. The summed E-state index contributed by atoms with van der Waals surface area (Å²) < 4.78 is 17.7. The third-order valence-corrected chi connectivity index (χ3v) is 5.41. The molecule has 5 nitrogen and oxygen atoms in total. The molecule has 2 fully saturated rings. The molecule has 0 spiro atoms. The molecule has 2 aromatic rings. The van der Waals surface area contributed by atoms with E-state index in [1.807, 2.05) is 18.2 Å². The van der Waals surface area contributed by atoms with Crippen molar-refractivity contribution in [2.45, 2.75) is 12.2 Å². The lowest BCUT2D eigenvalue weighted by molar-refractivity contribution is -0.149. The molecule has 0 aromatic heterocycles. The zero-order valence-corrected chi connectivity index (χ0v) is 15.9. The fourth-order valence-corrected chi connectivity index (χ4v) is 3.99. The lowest BCUT2D eigenvalue weighted by atomic mass is 10.0. The summed E-state index contributed by atoms with van der Waals surface area (Å²) in [7, 11) is 1.74. The van der Waals surface area contributed by atoms with E-state index >= 15 is 0 Å². The lowest BCUT2D eigenvalue weighted by Crippen LogP contribution is -2.50. The van der Waals surface area contributed by atoms with Gasteiger partial charge < -0.3 is 19.1 Å². The van der Waals surface area contributed by atoms with E-state index in [4.69, 9.17) is 14.2 Å². The highest BCUT2D eigenvalue weighted by Crippen LogP contribution is 2.30. The molecule has 4 rings (SSSR count). The highest BCUT2D eigenvalue weighted by Gasteiger charge is 2.31. The summed E-state index contributed by atoms with van der Waals surface area (Å²) in [5, 5.41) is 0. The van der Waals surface area contributed by atoms with Crippen LogP contribution in [0.4, 0.5) is 5.69 Å². The quantitative estimate of drug-likeness (QED) is 0.811. The number of nitrogens with zero attached hydrogens (tertiary/aromatic N) is 2. The molecule has 0 bridgehead atoms. The highest BCUT2D eigenvalue weighted by molar-refractivity contribution is 5.58. The molecule has 0 unspecified atom stereocenters. The first-order valence-electron chi connectivity index (χ1n) is 9.73. The molecule has 2 saturated heterocycles. The minimum absolute atomic E-state index is 0.0206. The van der Waals surface area contributed by atoms with Crippen molar-refractivity contribution >= 4 is 5.69 Å². The van der Waals surface area contributed by atoms with Gasteiger partial charge in [0.1, 0.15) is 18.0 Å². The minimum Gasteiger partial charge on any atom is -0.495 e. The average molecular weight is 368 g/mol. The Balaban J connectivity index is 1.37. The Morgan fingerprint density at radius 3 is 2.37 bits per heavy atom. The molecule has 2 aliphatic heterocycles. The van der Waals surface area contributed by atoms with Crippen LogP contribution in [-0.4, -0.2) is 64.1 Å². The van der Waals surface area contributed by atoms with Crippen LogP contribution in [0.25, 0.3) is 0 Å². The molecule has 27 heavy (non-hydrogen) atoms. The van der Waals surface area contributed by atoms with Gasteiger partial charge in [0.05, 0.1) is 26.0 Å². The van der Waals surface area contributed by atoms with Crippen LogP contribution < -0.4 is 9.64 Å². The minimum atomic E-state index is 0.0206. The van der Waals surface area contributed by atoms with Crippen LogP contribution in [0.3, 0.4) is 0 Å². The summed E-state index contributed by atoms with van der Waals surface area (Å²) in [6.45, 7) is 6.25. The SMILES string of the molecule is COc1ccccc1N1CCN(C[C@H]2OCCO[C@H]2c2ccccc2)CC1. The fraction of sp³-hybridized carbons (Fsp3) is 0.455. The first-order chi connectivity index (χ1) is 13.3. The predicted molar refractivity (Wildman–Crippen MR) is 107 cm³/mol. The fourth-order valence-electron chi connectivity index (χ4n) is 3.99. The van der Waals surface area contributed by atoms with Crippen LogP contribution in [0.5, 0.6) is 5.75 Å². The molecule has 0 radical (unpaired) electrons. The van der Waals surface area contributed by atoms with Crippen LogP contribution in [-0.2, 0) is 9.47 Å². The Labute approximate surface area is 161 Å². The van der Waals surface area contributed by atoms with Crippen molar-refractivity contribution in [3.05, 3.63) is 60.2 Å². The summed E-state index contributed by atoms with van der Waals surface area (Å²) in [5.41, 5.74) is 2.38. The number of ether oxygens (including phenoxy) is 3. The van der Waals surface area contributed by atoms with Gasteiger partial charge in [-0.25, -0.2) is 0 Å². The van der Waals surface area contributed by atoms with Crippen LogP contribution in [0.1, 0.15) is 11.7 Å². The van der Waals surface area contributed by atoms with E-state index in [2.05, 4.69) is 46.2 Å². The summed E-state index contributed by atoms with van der Waals surface area (Å²) >= 11 is 0. The van der Waals surface area contributed by atoms with Crippen molar-refractivity contribution in [3.63, 3.8) is 0 Å². The zero-order chi connectivity index (χ0) is 18.5. The maximum atomic E-state index is 6.10. The molecule has 144 valence electrons. The summed E-state index contributed by atoms with van der Waals surface area (Å²) in [4.78, 5) is 4.89. The molecule has 2 heterocycles. The van der Waals surface area contributed by atoms with Gasteiger partial charge in [-0.2, -0.15) is 0 Å². The molecule has 2 aliphatic rings. The second-order valence-corrected chi connectivity index (χ2v) is 7.07. The van der Waals surface area contributed by atoms with Crippen LogP contribution in [0, 0.1) is 0 Å². The largest absolute Gasteiger partial charge is 0.495 e. The number of para-hydroxylation sites is 2. The van der Waals surface area contributed by atoms with Gasteiger partial charge in [0.15, 0.2) is 0 Å². The van der Waals surface area contributed by atoms with Crippen molar-refractivity contribution in [1.29, 1.82) is 0 Å². The average Bonchev–Trinajstić information content (AvgIpc) is 2.75. The van der Waals surface area contributed by atoms with E-state index in [9.17, 15) is 0 Å². The summed E-state index contributed by atoms with van der Waals surface area (Å²) in [6, 6.07) is 18.7. The Hall–Kier alpha value is -2.08. The third-order valence-electron chi connectivity index (χ3n) is 5.41. The maximum absolute atomic E-state index is 6.10. The predicted octanol–water partition coefficient (Wildman–Crippen LogP) is 2.97. The Morgan fingerprint density at radius 1 is 0.889 bits per heavy atom. The first kappa shape index (κ1) is 18.3. The molecular weight excluding hydrogens is 340 g/mol. The van der Waals surface area contributed by atoms with E-state index in [0.717, 1.165) is 38.5 Å². The van der Waals surface area contributed by atoms with E-state index in [-0.39, 0.29) is 12.2 Å². The second kappa shape index (κ2) is 8.74. The molecule has 0 saturated carbocycles. The number of benzene rings is 2. The smallest absolute Gasteiger partial charge is 0.142 e. The van der Waals surface area contributed by atoms with Crippen molar-refractivity contribution in [1.82, 2.24) is 4.90 Å². The first-order valence-corrected chi connectivity index (χ1v) is 9.73. The Bertz CT molecular complexity index is 717. The Kier molecular flexibility index (Phi) is 5.92. The van der Waals surface area contributed by atoms with Crippen molar-refractivity contribution in [2.24, 2.45) is 0 Å². The molecule has 0 N–H and O–H groups in total. The Morgan fingerprint density at radius 2 is 1.59 bits per heavy atom. The lowest BCUT2D eigenvalue weighted by Gasteiger charge is -2.40. The monoisotopic (exact) mass is 368 g/mol. The van der Waals surface area contributed by atoms with Gasteiger partial charge in [0, 0.05) is 32.7 Å². The van der Waals surface area contributed by atoms with Gasteiger partial charge in [-0.1, -0.05) is 42.5 Å². The van der Waals surface area contributed by atoms with Crippen molar-refractivity contribution in [2.75, 3.05) is 57.9 Å². The molecule has 2 atom stereocenters. The van der Waals surface area contributed by atoms with Gasteiger partial charge in [-0.3, -0.25) is 4.90 Å². The van der Waals surface area contributed by atoms with Gasteiger partial charge in [0.2, 0.25) is 0 Å². The van der Waals surface area contributed by atoms with E-state index in [0.29, 0.717) is 13.2 Å². The summed E-state index contributed by atoms with van der Waals surface area (Å²) in [6.07, 6.45) is 0.103. The molecule has 0 aliphatic carbocycles. The third kappa shape index (κ3) is 4.26. The molecule has 5 heteroatoms. The number of hydrogen-bond donors (Lipinski definition) is 0. The van der Waals surface area contributed by atoms with Crippen LogP contribution in [0.2, 0.25) is 0 Å². The number of hydrogen-bond acceptors (Lipinski definition) is 5.